The molecule has 1 aliphatic rings. The van der Waals surface area contributed by atoms with Gasteiger partial charge in [0, 0.05) is 23.3 Å². The molecule has 2 nitrogen and oxygen atoms in total. The maximum Gasteiger partial charge on any atom is 0.0426 e. The number of nitrogens with zero attached hydrogens (tertiary/aromatic N) is 1. The summed E-state index contributed by atoms with van der Waals surface area (Å²) in [6, 6.07) is 6.75. The minimum Gasteiger partial charge on any atom is -0.368 e. The number of nitrogens with one attached hydrogen (secondary N) is 1. The molecule has 0 saturated carbocycles. The van der Waals surface area contributed by atoms with Crippen LogP contribution in [0, 0.1) is 6.92 Å². The van der Waals surface area contributed by atoms with Crippen molar-refractivity contribution in [2.45, 2.75) is 32.7 Å². The van der Waals surface area contributed by atoms with E-state index in [1.165, 1.54) is 24.1 Å². The third-order valence-corrected chi connectivity index (χ3v) is 3.74. The molecule has 1 unspecified atom stereocenters. The molecule has 2 rings (SSSR count). The highest BCUT2D eigenvalue weighted by atomic mass is 35.5. The van der Waals surface area contributed by atoms with Crippen molar-refractivity contribution in [2.24, 2.45) is 0 Å². The quantitative estimate of drug-likeness (QED) is 0.826. The van der Waals surface area contributed by atoms with E-state index in [1.54, 1.807) is 0 Å². The molecule has 1 aromatic carbocycles. The zero-order chi connectivity index (χ0) is 12.3. The number of halogens is 1. The van der Waals surface area contributed by atoms with E-state index in [2.05, 4.69) is 36.2 Å². The smallest absolute Gasteiger partial charge is 0.0426 e. The van der Waals surface area contributed by atoms with Gasteiger partial charge in [-0.25, -0.2) is 0 Å². The maximum absolute atomic E-state index is 6.12. The lowest BCUT2D eigenvalue weighted by molar-refractivity contribution is 0.499. The van der Waals surface area contributed by atoms with E-state index in [1.807, 2.05) is 6.07 Å². The van der Waals surface area contributed by atoms with Gasteiger partial charge >= 0.3 is 0 Å². The first-order valence-electron chi connectivity index (χ1n) is 6.42. The molecule has 1 fully saturated rings. The van der Waals surface area contributed by atoms with Gasteiger partial charge in [0.25, 0.3) is 0 Å². The molecule has 0 spiro atoms. The Kier molecular flexibility index (Phi) is 4.30. The molecular formula is C14H21ClN2. The van der Waals surface area contributed by atoms with Crippen LogP contribution >= 0.6 is 11.6 Å². The fourth-order valence-electron chi connectivity index (χ4n) is 2.44. The van der Waals surface area contributed by atoms with Gasteiger partial charge in [-0.3, -0.25) is 0 Å². The number of benzene rings is 1. The molecule has 0 aliphatic carbocycles. The van der Waals surface area contributed by atoms with Gasteiger partial charge < -0.3 is 10.2 Å². The lowest BCUT2D eigenvalue weighted by Crippen LogP contribution is -2.40. The second-order valence-corrected chi connectivity index (χ2v) is 5.30. The van der Waals surface area contributed by atoms with Gasteiger partial charge in [0.05, 0.1) is 0 Å². The topological polar surface area (TPSA) is 15.3 Å². The minimum absolute atomic E-state index is 0.569. The van der Waals surface area contributed by atoms with Crippen molar-refractivity contribution in [2.75, 3.05) is 24.5 Å². The van der Waals surface area contributed by atoms with E-state index in [0.29, 0.717) is 6.04 Å². The highest BCUT2D eigenvalue weighted by Gasteiger charge is 2.17. The first-order chi connectivity index (χ1) is 8.18. The molecule has 0 radical (unpaired) electrons. The summed E-state index contributed by atoms with van der Waals surface area (Å²) in [5.41, 5.74) is 2.61. The van der Waals surface area contributed by atoms with Gasteiger partial charge in [0.2, 0.25) is 0 Å². The highest BCUT2D eigenvalue weighted by Crippen LogP contribution is 2.27. The summed E-state index contributed by atoms with van der Waals surface area (Å²) < 4.78 is 0. The minimum atomic E-state index is 0.569. The summed E-state index contributed by atoms with van der Waals surface area (Å²) in [4.78, 5) is 2.50. The molecule has 0 bridgehead atoms. The Balaban J connectivity index is 2.25. The average molecular weight is 253 g/mol. The van der Waals surface area contributed by atoms with Crippen LogP contribution in [0.4, 0.5) is 5.69 Å². The van der Waals surface area contributed by atoms with Crippen LogP contribution in [0.15, 0.2) is 18.2 Å². The van der Waals surface area contributed by atoms with Gasteiger partial charge in [-0.1, -0.05) is 17.7 Å². The zero-order valence-electron chi connectivity index (χ0n) is 10.7. The Morgan fingerprint density at radius 3 is 3.00 bits per heavy atom. The lowest BCUT2D eigenvalue weighted by Gasteiger charge is -2.34. The number of aryl methyl sites for hydroxylation is 1. The molecule has 1 atom stereocenters. The Hall–Kier alpha value is -0.730. The van der Waals surface area contributed by atoms with E-state index >= 15 is 0 Å². The molecule has 3 heteroatoms. The van der Waals surface area contributed by atoms with Crippen LogP contribution < -0.4 is 10.2 Å². The van der Waals surface area contributed by atoms with Crippen LogP contribution in [0.2, 0.25) is 5.02 Å². The summed E-state index contributed by atoms with van der Waals surface area (Å²) in [5.74, 6) is 0. The second kappa shape index (κ2) is 5.74. The maximum atomic E-state index is 6.12. The van der Waals surface area contributed by atoms with Crippen molar-refractivity contribution < 1.29 is 0 Å². The SMILES string of the molecule is Cc1ccc(Cl)cc1N1CCCNCCC1C. The van der Waals surface area contributed by atoms with E-state index in [-0.39, 0.29) is 0 Å². The molecule has 1 aromatic rings. The third kappa shape index (κ3) is 3.14. The number of hydrogen-bond acceptors (Lipinski definition) is 2. The highest BCUT2D eigenvalue weighted by molar-refractivity contribution is 6.30. The molecule has 17 heavy (non-hydrogen) atoms. The summed E-state index contributed by atoms with van der Waals surface area (Å²) in [7, 11) is 0. The molecule has 0 amide bonds. The van der Waals surface area contributed by atoms with Crippen LogP contribution in [-0.4, -0.2) is 25.7 Å². The fraction of sp³-hybridized carbons (Fsp3) is 0.571. The van der Waals surface area contributed by atoms with E-state index in [0.717, 1.165) is 24.7 Å². The van der Waals surface area contributed by atoms with Crippen LogP contribution in [-0.2, 0) is 0 Å². The molecular weight excluding hydrogens is 232 g/mol. The first kappa shape index (κ1) is 12.7. The van der Waals surface area contributed by atoms with E-state index in [9.17, 15) is 0 Å². The number of anilines is 1. The van der Waals surface area contributed by atoms with Crippen LogP contribution in [0.25, 0.3) is 0 Å². The summed E-state index contributed by atoms with van der Waals surface area (Å²) in [5, 5.41) is 4.29. The van der Waals surface area contributed by atoms with Gasteiger partial charge in [-0.15, -0.1) is 0 Å². The predicted octanol–water partition coefficient (Wildman–Crippen LogP) is 3.23. The van der Waals surface area contributed by atoms with Gasteiger partial charge in [0.1, 0.15) is 0 Å². The van der Waals surface area contributed by atoms with Crippen molar-refractivity contribution in [1.29, 1.82) is 0 Å². The Morgan fingerprint density at radius 1 is 1.35 bits per heavy atom. The Morgan fingerprint density at radius 2 is 2.18 bits per heavy atom. The molecule has 94 valence electrons. The van der Waals surface area contributed by atoms with Crippen molar-refractivity contribution in [1.82, 2.24) is 5.32 Å². The Labute approximate surface area is 109 Å². The Bertz CT molecular complexity index is 378. The number of rotatable bonds is 1. The van der Waals surface area contributed by atoms with Crippen LogP contribution in [0.1, 0.15) is 25.3 Å². The number of hydrogen-bond donors (Lipinski definition) is 1. The van der Waals surface area contributed by atoms with Gasteiger partial charge in [0.15, 0.2) is 0 Å². The largest absolute Gasteiger partial charge is 0.368 e. The molecule has 1 heterocycles. The van der Waals surface area contributed by atoms with Gasteiger partial charge in [-0.05, 0) is 57.5 Å². The third-order valence-electron chi connectivity index (χ3n) is 3.50. The van der Waals surface area contributed by atoms with E-state index < -0.39 is 0 Å². The molecule has 1 aliphatic heterocycles. The van der Waals surface area contributed by atoms with Crippen molar-refractivity contribution >= 4 is 17.3 Å². The summed E-state index contributed by atoms with van der Waals surface area (Å²) in [6.45, 7) is 7.79. The molecule has 0 aromatic heterocycles. The van der Waals surface area contributed by atoms with Crippen molar-refractivity contribution in [3.63, 3.8) is 0 Å². The molecule has 1 saturated heterocycles. The fourth-order valence-corrected chi connectivity index (χ4v) is 2.60. The van der Waals surface area contributed by atoms with Gasteiger partial charge in [-0.2, -0.15) is 0 Å². The average Bonchev–Trinajstić information content (AvgIpc) is 2.28. The van der Waals surface area contributed by atoms with E-state index in [4.69, 9.17) is 11.6 Å². The summed E-state index contributed by atoms with van der Waals surface area (Å²) >= 11 is 6.12. The van der Waals surface area contributed by atoms with Crippen molar-refractivity contribution in [3.8, 4) is 0 Å². The van der Waals surface area contributed by atoms with Crippen molar-refractivity contribution in [3.05, 3.63) is 28.8 Å². The second-order valence-electron chi connectivity index (χ2n) is 4.87. The normalized spacial score (nSPS) is 22.1. The predicted molar refractivity (Wildman–Crippen MR) is 75.1 cm³/mol. The monoisotopic (exact) mass is 252 g/mol. The standard InChI is InChI=1S/C14H21ClN2/c1-11-4-5-13(15)10-14(11)17-9-3-7-16-8-6-12(17)2/h4-5,10,12,16H,3,6-9H2,1-2H3. The molecule has 1 N–H and O–H groups in total. The summed E-state index contributed by atoms with van der Waals surface area (Å²) in [6.07, 6.45) is 2.38. The van der Waals surface area contributed by atoms with Crippen LogP contribution in [0.3, 0.4) is 0 Å². The van der Waals surface area contributed by atoms with Crippen LogP contribution in [0.5, 0.6) is 0 Å². The first-order valence-corrected chi connectivity index (χ1v) is 6.80. The zero-order valence-corrected chi connectivity index (χ0v) is 11.4. The lowest BCUT2D eigenvalue weighted by atomic mass is 10.1.